The molecule has 4 nitrogen and oxygen atoms in total. The second kappa shape index (κ2) is 4.99. The molecule has 0 aromatic heterocycles. The van der Waals surface area contributed by atoms with E-state index in [9.17, 15) is 12.8 Å². The summed E-state index contributed by atoms with van der Waals surface area (Å²) in [6.07, 6.45) is 0. The quantitative estimate of drug-likeness (QED) is 0.940. The van der Waals surface area contributed by atoms with E-state index in [4.69, 9.17) is 9.88 Å². The summed E-state index contributed by atoms with van der Waals surface area (Å²) in [5.41, 5.74) is 0.488. The van der Waals surface area contributed by atoms with Crippen molar-refractivity contribution >= 4 is 10.0 Å². The second-order valence-electron chi connectivity index (χ2n) is 4.03. The molecular formula is C13H12FNO3S. The summed E-state index contributed by atoms with van der Waals surface area (Å²) < 4.78 is 40.7. The largest absolute Gasteiger partial charge is 0.457 e. The first kappa shape index (κ1) is 13.5. The van der Waals surface area contributed by atoms with Crippen LogP contribution in [0.25, 0.3) is 0 Å². The van der Waals surface area contributed by atoms with Crippen LogP contribution in [-0.2, 0) is 10.0 Å². The highest BCUT2D eigenvalue weighted by molar-refractivity contribution is 7.89. The molecule has 0 bridgehead atoms. The molecule has 0 aliphatic heterocycles. The number of nitrogens with two attached hydrogens (primary N) is 1. The zero-order valence-electron chi connectivity index (χ0n) is 10.1. The summed E-state index contributed by atoms with van der Waals surface area (Å²) in [5, 5.41) is 5.07. The number of hydrogen-bond acceptors (Lipinski definition) is 3. The van der Waals surface area contributed by atoms with Crippen molar-refractivity contribution in [2.24, 2.45) is 5.14 Å². The Kier molecular flexibility index (Phi) is 3.55. The van der Waals surface area contributed by atoms with Gasteiger partial charge in [0.2, 0.25) is 10.0 Å². The van der Waals surface area contributed by atoms with E-state index in [2.05, 4.69) is 0 Å². The lowest BCUT2D eigenvalue weighted by molar-refractivity contribution is 0.479. The van der Waals surface area contributed by atoms with Crippen LogP contribution in [0.1, 0.15) is 5.56 Å². The van der Waals surface area contributed by atoms with Crippen LogP contribution in [0.15, 0.2) is 47.4 Å². The lowest BCUT2D eigenvalue weighted by atomic mass is 10.2. The predicted molar refractivity (Wildman–Crippen MR) is 69.0 cm³/mol. The number of halogens is 1. The Labute approximate surface area is 110 Å². The smallest absolute Gasteiger partial charge is 0.238 e. The second-order valence-corrected chi connectivity index (χ2v) is 5.56. The molecule has 0 aliphatic rings. The van der Waals surface area contributed by atoms with Crippen LogP contribution in [0.3, 0.4) is 0 Å². The molecule has 6 heteroatoms. The minimum absolute atomic E-state index is 0.0546. The molecule has 0 atom stereocenters. The summed E-state index contributed by atoms with van der Waals surface area (Å²) in [7, 11) is -3.73. The van der Waals surface area contributed by atoms with Gasteiger partial charge in [-0.25, -0.2) is 17.9 Å². The van der Waals surface area contributed by atoms with Gasteiger partial charge in [0.25, 0.3) is 0 Å². The van der Waals surface area contributed by atoms with E-state index in [1.54, 1.807) is 13.0 Å². The number of benzene rings is 2. The maximum Gasteiger partial charge on any atom is 0.238 e. The maximum absolute atomic E-state index is 12.7. The Hall–Kier alpha value is -1.92. The normalized spacial score (nSPS) is 11.3. The third kappa shape index (κ3) is 3.30. The molecule has 0 fully saturated rings. The van der Waals surface area contributed by atoms with E-state index in [0.29, 0.717) is 17.1 Å². The standard InChI is InChI=1S/C13H12FNO3S/c1-9-8-12(6-7-13(9)19(15,16)17)18-11-4-2-10(14)3-5-11/h2-8H,1H3,(H2,15,16,17). The summed E-state index contributed by atoms with van der Waals surface area (Å²) >= 11 is 0. The Morgan fingerprint density at radius 2 is 1.63 bits per heavy atom. The molecule has 0 saturated heterocycles. The van der Waals surface area contributed by atoms with E-state index in [1.807, 2.05) is 0 Å². The highest BCUT2D eigenvalue weighted by Crippen LogP contribution is 2.25. The fraction of sp³-hybridized carbons (Fsp3) is 0.0769. The van der Waals surface area contributed by atoms with E-state index >= 15 is 0 Å². The van der Waals surface area contributed by atoms with Crippen molar-refractivity contribution < 1.29 is 17.5 Å². The van der Waals surface area contributed by atoms with E-state index in [-0.39, 0.29) is 10.7 Å². The highest BCUT2D eigenvalue weighted by atomic mass is 32.2. The Morgan fingerprint density at radius 3 is 2.16 bits per heavy atom. The molecule has 19 heavy (non-hydrogen) atoms. The van der Waals surface area contributed by atoms with Crippen LogP contribution >= 0.6 is 0 Å². The van der Waals surface area contributed by atoms with Gasteiger partial charge in [0.05, 0.1) is 4.90 Å². The molecule has 0 unspecified atom stereocenters. The highest BCUT2D eigenvalue weighted by Gasteiger charge is 2.12. The van der Waals surface area contributed by atoms with Gasteiger partial charge in [0, 0.05) is 0 Å². The SMILES string of the molecule is Cc1cc(Oc2ccc(F)cc2)ccc1S(N)(=O)=O. The average molecular weight is 281 g/mol. The van der Waals surface area contributed by atoms with Crippen molar-refractivity contribution in [3.8, 4) is 11.5 Å². The first-order valence-corrected chi connectivity index (χ1v) is 6.98. The minimum Gasteiger partial charge on any atom is -0.457 e. The molecule has 0 saturated carbocycles. The van der Waals surface area contributed by atoms with Crippen molar-refractivity contribution in [2.75, 3.05) is 0 Å². The van der Waals surface area contributed by atoms with Crippen LogP contribution < -0.4 is 9.88 Å². The Balaban J connectivity index is 2.28. The monoisotopic (exact) mass is 281 g/mol. The predicted octanol–water partition coefficient (Wildman–Crippen LogP) is 2.57. The topological polar surface area (TPSA) is 69.4 Å². The first-order valence-electron chi connectivity index (χ1n) is 5.43. The minimum atomic E-state index is -3.73. The van der Waals surface area contributed by atoms with E-state index in [0.717, 1.165) is 0 Å². The third-order valence-electron chi connectivity index (χ3n) is 2.50. The molecule has 0 spiro atoms. The average Bonchev–Trinajstić information content (AvgIpc) is 2.30. The van der Waals surface area contributed by atoms with Gasteiger partial charge in [-0.3, -0.25) is 0 Å². The molecule has 2 aromatic carbocycles. The molecule has 0 amide bonds. The lowest BCUT2D eigenvalue weighted by Gasteiger charge is -2.08. The van der Waals surface area contributed by atoms with Crippen LogP contribution in [0.5, 0.6) is 11.5 Å². The van der Waals surface area contributed by atoms with Gasteiger partial charge >= 0.3 is 0 Å². The number of primary sulfonamides is 1. The maximum atomic E-state index is 12.7. The Morgan fingerprint density at radius 1 is 1.05 bits per heavy atom. The summed E-state index contributed by atoms with van der Waals surface area (Å²) in [4.78, 5) is 0.0546. The van der Waals surface area contributed by atoms with Gasteiger partial charge in [-0.15, -0.1) is 0 Å². The fourth-order valence-electron chi connectivity index (χ4n) is 1.64. The van der Waals surface area contributed by atoms with Gasteiger partial charge < -0.3 is 4.74 Å². The summed E-state index contributed by atoms with van der Waals surface area (Å²) in [6.45, 7) is 1.62. The van der Waals surface area contributed by atoms with Gasteiger partial charge in [-0.1, -0.05) is 0 Å². The van der Waals surface area contributed by atoms with E-state index < -0.39 is 10.0 Å². The summed E-state index contributed by atoms with van der Waals surface area (Å²) in [5.74, 6) is 0.564. The van der Waals surface area contributed by atoms with Gasteiger partial charge in [0.15, 0.2) is 0 Å². The van der Waals surface area contributed by atoms with Crippen molar-refractivity contribution in [3.05, 3.63) is 53.8 Å². The molecule has 0 aliphatic carbocycles. The van der Waals surface area contributed by atoms with Crippen molar-refractivity contribution in [1.82, 2.24) is 0 Å². The number of hydrogen-bond donors (Lipinski definition) is 1. The molecule has 0 radical (unpaired) electrons. The first-order chi connectivity index (χ1) is 8.86. The van der Waals surface area contributed by atoms with Crippen molar-refractivity contribution in [1.29, 1.82) is 0 Å². The van der Waals surface area contributed by atoms with Crippen molar-refractivity contribution in [3.63, 3.8) is 0 Å². The Bertz CT molecular complexity index is 696. The molecular weight excluding hydrogens is 269 g/mol. The van der Waals surface area contributed by atoms with Crippen LogP contribution in [0.2, 0.25) is 0 Å². The molecule has 0 heterocycles. The number of rotatable bonds is 3. The molecule has 2 N–H and O–H groups in total. The molecule has 2 rings (SSSR count). The van der Waals surface area contributed by atoms with Gasteiger partial charge in [0.1, 0.15) is 17.3 Å². The number of sulfonamides is 1. The van der Waals surface area contributed by atoms with Crippen LogP contribution in [0.4, 0.5) is 4.39 Å². The number of ether oxygens (including phenoxy) is 1. The summed E-state index contributed by atoms with van der Waals surface area (Å²) in [6, 6.07) is 9.96. The molecule has 2 aromatic rings. The van der Waals surface area contributed by atoms with Gasteiger partial charge in [-0.05, 0) is 55.0 Å². The van der Waals surface area contributed by atoms with Gasteiger partial charge in [-0.2, -0.15) is 0 Å². The molecule has 100 valence electrons. The lowest BCUT2D eigenvalue weighted by Crippen LogP contribution is -2.13. The third-order valence-corrected chi connectivity index (χ3v) is 3.57. The number of aryl methyl sites for hydroxylation is 1. The van der Waals surface area contributed by atoms with Crippen LogP contribution in [-0.4, -0.2) is 8.42 Å². The zero-order chi connectivity index (χ0) is 14.0. The van der Waals surface area contributed by atoms with E-state index in [1.165, 1.54) is 36.4 Å². The van der Waals surface area contributed by atoms with Crippen LogP contribution in [0, 0.1) is 12.7 Å². The zero-order valence-corrected chi connectivity index (χ0v) is 10.9. The van der Waals surface area contributed by atoms with Crippen molar-refractivity contribution in [2.45, 2.75) is 11.8 Å². The fourth-order valence-corrected chi connectivity index (χ4v) is 2.41.